The van der Waals surface area contributed by atoms with E-state index in [1.54, 1.807) is 0 Å². The van der Waals surface area contributed by atoms with Gasteiger partial charge in [0.15, 0.2) is 0 Å². The van der Waals surface area contributed by atoms with Crippen molar-refractivity contribution in [2.24, 2.45) is 5.92 Å². The molecule has 2 unspecified atom stereocenters. The molecule has 1 aromatic rings. The van der Waals surface area contributed by atoms with E-state index >= 15 is 0 Å². The average molecular weight is 231 g/mol. The van der Waals surface area contributed by atoms with Crippen molar-refractivity contribution in [1.29, 1.82) is 0 Å². The van der Waals surface area contributed by atoms with Gasteiger partial charge in [-0.3, -0.25) is 0 Å². The van der Waals surface area contributed by atoms with Gasteiger partial charge in [-0.25, -0.2) is 4.98 Å². The topological polar surface area (TPSA) is 28.2 Å². The van der Waals surface area contributed by atoms with Crippen molar-refractivity contribution >= 4 is 5.82 Å². The predicted molar refractivity (Wildman–Crippen MR) is 70.4 cm³/mol. The van der Waals surface area contributed by atoms with E-state index < -0.39 is 0 Å². The fourth-order valence-corrected chi connectivity index (χ4v) is 3.05. The molecule has 3 rings (SSSR count). The third-order valence-corrected chi connectivity index (χ3v) is 4.09. The summed E-state index contributed by atoms with van der Waals surface area (Å²) in [5, 5.41) is 3.49. The highest BCUT2D eigenvalue weighted by Crippen LogP contribution is 2.31. The Hall–Kier alpha value is -1.09. The Morgan fingerprint density at radius 2 is 2.24 bits per heavy atom. The summed E-state index contributed by atoms with van der Waals surface area (Å²) in [6, 6.07) is 7.11. The minimum absolute atomic E-state index is 0.509. The highest BCUT2D eigenvalue weighted by Gasteiger charge is 2.37. The normalized spacial score (nSPS) is 27.8. The molecule has 0 saturated carbocycles. The maximum absolute atomic E-state index is 4.81. The van der Waals surface area contributed by atoms with Crippen molar-refractivity contribution in [1.82, 2.24) is 10.3 Å². The zero-order valence-corrected chi connectivity index (χ0v) is 10.7. The second kappa shape index (κ2) is 4.30. The van der Waals surface area contributed by atoms with E-state index in [2.05, 4.69) is 42.3 Å². The Balaban J connectivity index is 1.86. The summed E-state index contributed by atoms with van der Waals surface area (Å²) in [6.45, 7) is 7.89. The number of fused-ring (bicyclic) bond motifs is 1. The zero-order valence-electron chi connectivity index (χ0n) is 10.7. The summed E-state index contributed by atoms with van der Waals surface area (Å²) in [5.74, 6) is 2.52. The number of pyridine rings is 1. The van der Waals surface area contributed by atoms with Crippen LogP contribution in [0.1, 0.15) is 31.9 Å². The van der Waals surface area contributed by atoms with E-state index in [0.29, 0.717) is 12.0 Å². The number of hydrogen-bond donors (Lipinski definition) is 1. The number of hydrogen-bond acceptors (Lipinski definition) is 3. The van der Waals surface area contributed by atoms with Crippen LogP contribution in [0.4, 0.5) is 5.82 Å². The lowest BCUT2D eigenvalue weighted by atomic mass is 10.1. The van der Waals surface area contributed by atoms with Crippen LogP contribution in [0.2, 0.25) is 0 Å². The molecule has 0 radical (unpaired) electrons. The van der Waals surface area contributed by atoms with Crippen LogP contribution < -0.4 is 10.2 Å². The molecule has 2 fully saturated rings. The fourth-order valence-electron chi connectivity index (χ4n) is 3.05. The van der Waals surface area contributed by atoms with Crippen molar-refractivity contribution in [2.45, 2.75) is 32.2 Å². The standard InChI is InChI=1S/C14H21N3/c1-10(2)12-4-3-5-14(16-12)17-7-6-11-8-15-9-13(11)17/h3-5,10-11,13,15H,6-9H2,1-2H3. The number of aromatic nitrogens is 1. The second-order valence-electron chi connectivity index (χ2n) is 5.54. The van der Waals surface area contributed by atoms with Crippen LogP contribution in [0.25, 0.3) is 0 Å². The van der Waals surface area contributed by atoms with Crippen LogP contribution in [0.3, 0.4) is 0 Å². The molecule has 2 atom stereocenters. The van der Waals surface area contributed by atoms with Crippen LogP contribution in [-0.4, -0.2) is 30.7 Å². The first-order valence-corrected chi connectivity index (χ1v) is 6.70. The quantitative estimate of drug-likeness (QED) is 0.844. The van der Waals surface area contributed by atoms with Gasteiger partial charge in [-0.1, -0.05) is 19.9 Å². The summed E-state index contributed by atoms with van der Waals surface area (Å²) in [4.78, 5) is 7.31. The predicted octanol–water partition coefficient (Wildman–Crippen LogP) is 2.00. The van der Waals surface area contributed by atoms with Gasteiger partial charge < -0.3 is 10.2 Å². The molecule has 3 nitrogen and oxygen atoms in total. The van der Waals surface area contributed by atoms with E-state index in [9.17, 15) is 0 Å². The number of rotatable bonds is 2. The van der Waals surface area contributed by atoms with Gasteiger partial charge in [0.2, 0.25) is 0 Å². The van der Waals surface area contributed by atoms with Crippen molar-refractivity contribution in [3.05, 3.63) is 23.9 Å². The van der Waals surface area contributed by atoms with Gasteiger partial charge in [-0.15, -0.1) is 0 Å². The summed E-state index contributed by atoms with van der Waals surface area (Å²) in [7, 11) is 0. The van der Waals surface area contributed by atoms with E-state index in [0.717, 1.165) is 12.5 Å². The monoisotopic (exact) mass is 231 g/mol. The summed E-state index contributed by atoms with van der Waals surface area (Å²) >= 11 is 0. The van der Waals surface area contributed by atoms with Crippen molar-refractivity contribution in [3.63, 3.8) is 0 Å². The van der Waals surface area contributed by atoms with E-state index in [-0.39, 0.29) is 0 Å². The molecule has 3 heteroatoms. The Morgan fingerprint density at radius 3 is 3.06 bits per heavy atom. The van der Waals surface area contributed by atoms with Crippen LogP contribution >= 0.6 is 0 Å². The number of anilines is 1. The molecule has 3 heterocycles. The maximum Gasteiger partial charge on any atom is 0.129 e. The average Bonchev–Trinajstić information content (AvgIpc) is 2.90. The largest absolute Gasteiger partial charge is 0.352 e. The molecule has 1 aromatic heterocycles. The molecule has 0 bridgehead atoms. The van der Waals surface area contributed by atoms with E-state index in [1.165, 1.54) is 31.0 Å². The highest BCUT2D eigenvalue weighted by atomic mass is 15.3. The molecular weight excluding hydrogens is 210 g/mol. The summed E-state index contributed by atoms with van der Waals surface area (Å²) < 4.78 is 0. The van der Waals surface area contributed by atoms with Crippen LogP contribution in [0.5, 0.6) is 0 Å². The van der Waals surface area contributed by atoms with Gasteiger partial charge >= 0.3 is 0 Å². The minimum atomic E-state index is 0.509. The second-order valence-corrected chi connectivity index (χ2v) is 5.54. The van der Waals surface area contributed by atoms with Crippen LogP contribution in [0.15, 0.2) is 18.2 Å². The lowest BCUT2D eigenvalue weighted by Gasteiger charge is -2.25. The Morgan fingerprint density at radius 1 is 1.35 bits per heavy atom. The molecule has 0 amide bonds. The lowest BCUT2D eigenvalue weighted by molar-refractivity contribution is 0.577. The van der Waals surface area contributed by atoms with Crippen LogP contribution in [0, 0.1) is 5.92 Å². The van der Waals surface area contributed by atoms with Gasteiger partial charge in [-0.2, -0.15) is 0 Å². The van der Waals surface area contributed by atoms with Gasteiger partial charge in [-0.05, 0) is 30.4 Å². The molecule has 92 valence electrons. The smallest absolute Gasteiger partial charge is 0.129 e. The van der Waals surface area contributed by atoms with Gasteiger partial charge in [0.25, 0.3) is 0 Å². The minimum Gasteiger partial charge on any atom is -0.352 e. The van der Waals surface area contributed by atoms with Crippen molar-refractivity contribution in [3.8, 4) is 0 Å². The first-order chi connectivity index (χ1) is 8.25. The first kappa shape index (κ1) is 11.0. The summed E-state index contributed by atoms with van der Waals surface area (Å²) in [5.41, 5.74) is 1.21. The third-order valence-electron chi connectivity index (χ3n) is 4.09. The van der Waals surface area contributed by atoms with E-state index in [1.807, 2.05) is 0 Å². The molecule has 2 aliphatic rings. The third kappa shape index (κ3) is 1.93. The molecular formula is C14H21N3. The maximum atomic E-state index is 4.81. The highest BCUT2D eigenvalue weighted by molar-refractivity contribution is 5.43. The van der Waals surface area contributed by atoms with Gasteiger partial charge in [0.05, 0.1) is 0 Å². The number of nitrogens with zero attached hydrogens (tertiary/aromatic N) is 2. The molecule has 0 spiro atoms. The molecule has 2 saturated heterocycles. The summed E-state index contributed by atoms with van der Waals surface area (Å²) in [6.07, 6.45) is 1.31. The van der Waals surface area contributed by atoms with E-state index in [4.69, 9.17) is 4.98 Å². The molecule has 0 aliphatic carbocycles. The van der Waals surface area contributed by atoms with Crippen molar-refractivity contribution in [2.75, 3.05) is 24.5 Å². The molecule has 2 aliphatic heterocycles. The molecule has 1 N–H and O–H groups in total. The SMILES string of the molecule is CC(C)c1cccc(N2CCC3CNCC32)n1. The fraction of sp³-hybridized carbons (Fsp3) is 0.643. The van der Waals surface area contributed by atoms with Crippen molar-refractivity contribution < 1.29 is 0 Å². The first-order valence-electron chi connectivity index (χ1n) is 6.70. The van der Waals surface area contributed by atoms with Crippen LogP contribution in [-0.2, 0) is 0 Å². The Bertz CT molecular complexity index is 402. The Kier molecular flexibility index (Phi) is 2.79. The Labute approximate surface area is 103 Å². The van der Waals surface area contributed by atoms with Gasteiger partial charge in [0.1, 0.15) is 5.82 Å². The van der Waals surface area contributed by atoms with Gasteiger partial charge in [0, 0.05) is 31.4 Å². The lowest BCUT2D eigenvalue weighted by Crippen LogP contribution is -2.34. The molecule has 17 heavy (non-hydrogen) atoms. The zero-order chi connectivity index (χ0) is 11.8. The molecule has 0 aromatic carbocycles. The number of nitrogens with one attached hydrogen (secondary N) is 1.